The van der Waals surface area contributed by atoms with Crippen molar-refractivity contribution in [1.29, 1.82) is 0 Å². The van der Waals surface area contributed by atoms with Gasteiger partial charge in [0, 0.05) is 10.6 Å². The molecule has 0 saturated heterocycles. The van der Waals surface area contributed by atoms with Crippen LogP contribution in [0.4, 0.5) is 0 Å². The monoisotopic (exact) mass is 567 g/mol. The van der Waals surface area contributed by atoms with Crippen molar-refractivity contribution in [1.82, 2.24) is 10.2 Å². The summed E-state index contributed by atoms with van der Waals surface area (Å²) < 4.78 is 0. The summed E-state index contributed by atoms with van der Waals surface area (Å²) in [5.41, 5.74) is 3.34. The standard InChI is InChI=1S/C32H29N3O3S2/c1-4-6-17-25(5-2)35-31(38)26(20-27-22(3)18-19-39-27)30(37)34-32(35)40-21-28(36)33-29(23-13-9-7-10-14-23)24-15-11-8-12-16-24/h4-20,29H,1,21H2,2-3H3,(H,33,36)/b17-6-,25-5+,26-20+. The van der Waals surface area contributed by atoms with Gasteiger partial charge in [-0.2, -0.15) is 4.99 Å². The molecule has 3 amide bonds. The minimum atomic E-state index is -0.633. The van der Waals surface area contributed by atoms with Crippen LogP contribution in [-0.4, -0.2) is 33.5 Å². The van der Waals surface area contributed by atoms with Gasteiger partial charge < -0.3 is 5.32 Å². The number of nitrogens with zero attached hydrogens (tertiary/aromatic N) is 2. The summed E-state index contributed by atoms with van der Waals surface area (Å²) in [4.78, 5) is 46.4. The number of aryl methyl sites for hydroxylation is 1. The van der Waals surface area contributed by atoms with E-state index in [0.29, 0.717) is 5.70 Å². The molecule has 6 nitrogen and oxygen atoms in total. The summed E-state index contributed by atoms with van der Waals surface area (Å²) in [5, 5.41) is 5.14. The molecule has 3 aromatic rings. The number of thioether (sulfide) groups is 1. The number of benzene rings is 2. The van der Waals surface area contributed by atoms with Gasteiger partial charge in [-0.3, -0.25) is 19.3 Å². The zero-order chi connectivity index (χ0) is 28.5. The van der Waals surface area contributed by atoms with Gasteiger partial charge >= 0.3 is 0 Å². The summed E-state index contributed by atoms with van der Waals surface area (Å²) in [6, 6.07) is 21.0. The Bertz CT molecular complexity index is 1480. The zero-order valence-corrected chi connectivity index (χ0v) is 23.9. The fraction of sp³-hybridized carbons (Fsp3) is 0.125. The summed E-state index contributed by atoms with van der Waals surface area (Å²) >= 11 is 2.49. The maximum atomic E-state index is 13.7. The van der Waals surface area contributed by atoms with Crippen LogP contribution >= 0.6 is 23.1 Å². The van der Waals surface area contributed by atoms with E-state index in [4.69, 9.17) is 0 Å². The maximum absolute atomic E-state index is 13.7. The Kier molecular flexibility index (Phi) is 9.83. The van der Waals surface area contributed by atoms with E-state index in [2.05, 4.69) is 16.9 Å². The van der Waals surface area contributed by atoms with Crippen molar-refractivity contribution in [3.8, 4) is 0 Å². The highest BCUT2D eigenvalue weighted by atomic mass is 32.2. The zero-order valence-electron chi connectivity index (χ0n) is 22.2. The highest BCUT2D eigenvalue weighted by Gasteiger charge is 2.35. The summed E-state index contributed by atoms with van der Waals surface area (Å²) in [5.74, 6) is -1.43. The molecule has 202 valence electrons. The van der Waals surface area contributed by atoms with Crippen molar-refractivity contribution in [3.63, 3.8) is 0 Å². The number of hydrogen-bond acceptors (Lipinski definition) is 5. The van der Waals surface area contributed by atoms with E-state index in [-0.39, 0.29) is 28.4 Å². The van der Waals surface area contributed by atoms with E-state index in [9.17, 15) is 14.4 Å². The van der Waals surface area contributed by atoms with Crippen LogP contribution in [0.3, 0.4) is 0 Å². The first-order valence-corrected chi connectivity index (χ1v) is 14.5. The van der Waals surface area contributed by atoms with Crippen molar-refractivity contribution < 1.29 is 14.4 Å². The Balaban J connectivity index is 1.60. The first kappa shape index (κ1) is 28.7. The number of rotatable bonds is 9. The first-order chi connectivity index (χ1) is 19.4. The van der Waals surface area contributed by atoms with E-state index in [1.165, 1.54) is 16.2 Å². The lowest BCUT2D eigenvalue weighted by Gasteiger charge is -2.28. The van der Waals surface area contributed by atoms with Gasteiger partial charge in [0.1, 0.15) is 5.57 Å². The molecule has 0 aliphatic carbocycles. The van der Waals surface area contributed by atoms with E-state index < -0.39 is 11.8 Å². The Morgan fingerprint density at radius 2 is 1.73 bits per heavy atom. The molecule has 2 heterocycles. The SMILES string of the molecule is C=C/C=C\C(=C/C)N1C(=O)/C(=C/c2sccc2C)C(=O)N=C1SCC(=O)NC(c1ccccc1)c1ccccc1. The lowest BCUT2D eigenvalue weighted by atomic mass is 9.99. The van der Waals surface area contributed by atoms with Gasteiger partial charge in [-0.15, -0.1) is 11.3 Å². The molecule has 4 rings (SSSR count). The van der Waals surface area contributed by atoms with Crippen molar-refractivity contribution >= 4 is 52.1 Å². The van der Waals surface area contributed by atoms with E-state index in [1.807, 2.05) is 79.0 Å². The molecule has 0 saturated carbocycles. The number of carbonyl (C=O) groups is 3. The molecule has 1 aliphatic rings. The number of carbonyl (C=O) groups excluding carboxylic acids is 3. The van der Waals surface area contributed by atoms with Crippen LogP contribution in [0, 0.1) is 6.92 Å². The highest BCUT2D eigenvalue weighted by molar-refractivity contribution is 8.14. The summed E-state index contributed by atoms with van der Waals surface area (Å²) in [7, 11) is 0. The molecule has 0 unspecified atom stereocenters. The van der Waals surface area contributed by atoms with Crippen molar-refractivity contribution in [2.24, 2.45) is 4.99 Å². The van der Waals surface area contributed by atoms with Gasteiger partial charge in [-0.1, -0.05) is 97.2 Å². The van der Waals surface area contributed by atoms with Crippen LogP contribution in [0.25, 0.3) is 6.08 Å². The molecule has 1 N–H and O–H groups in total. The van der Waals surface area contributed by atoms with E-state index in [1.54, 1.807) is 37.3 Å². The van der Waals surface area contributed by atoms with E-state index >= 15 is 0 Å². The lowest BCUT2D eigenvalue weighted by molar-refractivity contribution is -0.126. The van der Waals surface area contributed by atoms with Crippen molar-refractivity contribution in [2.75, 3.05) is 5.75 Å². The van der Waals surface area contributed by atoms with Gasteiger partial charge in [0.25, 0.3) is 11.8 Å². The predicted octanol–water partition coefficient (Wildman–Crippen LogP) is 6.45. The quantitative estimate of drug-likeness (QED) is 0.183. The minimum Gasteiger partial charge on any atom is -0.344 e. The molecule has 0 bridgehead atoms. The van der Waals surface area contributed by atoms with Gasteiger partial charge in [0.05, 0.1) is 11.8 Å². The maximum Gasteiger partial charge on any atom is 0.285 e. The van der Waals surface area contributed by atoms with Gasteiger partial charge in [0.2, 0.25) is 5.91 Å². The minimum absolute atomic E-state index is 0.0288. The molecule has 0 fully saturated rings. The van der Waals surface area contributed by atoms with Crippen LogP contribution in [-0.2, 0) is 14.4 Å². The number of thiophene rings is 1. The molecule has 0 radical (unpaired) electrons. The number of amidine groups is 1. The van der Waals surface area contributed by atoms with Gasteiger partial charge in [0.15, 0.2) is 5.17 Å². The molecular formula is C32H29N3O3S2. The molecular weight excluding hydrogens is 539 g/mol. The Morgan fingerprint density at radius 3 is 2.27 bits per heavy atom. The Labute approximate surface area is 242 Å². The summed E-state index contributed by atoms with van der Waals surface area (Å²) in [6.45, 7) is 7.41. The van der Waals surface area contributed by atoms with Crippen LogP contribution in [0.2, 0.25) is 0 Å². The molecule has 1 aromatic heterocycles. The third-order valence-electron chi connectivity index (χ3n) is 6.09. The van der Waals surface area contributed by atoms with Crippen LogP contribution in [0.1, 0.15) is 34.5 Å². The third-order valence-corrected chi connectivity index (χ3v) is 7.99. The fourth-order valence-corrected chi connectivity index (χ4v) is 5.72. The molecule has 2 aromatic carbocycles. The van der Waals surface area contributed by atoms with E-state index in [0.717, 1.165) is 33.3 Å². The third kappa shape index (κ3) is 6.83. The first-order valence-electron chi connectivity index (χ1n) is 12.6. The second kappa shape index (κ2) is 13.7. The summed E-state index contributed by atoms with van der Waals surface area (Å²) in [6.07, 6.45) is 8.35. The van der Waals surface area contributed by atoms with Crippen LogP contribution in [0.5, 0.6) is 0 Å². The average molecular weight is 568 g/mol. The molecule has 1 aliphatic heterocycles. The smallest absolute Gasteiger partial charge is 0.285 e. The van der Waals surface area contributed by atoms with Crippen molar-refractivity contribution in [2.45, 2.75) is 19.9 Å². The highest BCUT2D eigenvalue weighted by Crippen LogP contribution is 2.28. The fourth-order valence-electron chi connectivity index (χ4n) is 4.06. The van der Waals surface area contributed by atoms with Gasteiger partial charge in [-0.05, 0) is 54.1 Å². The normalized spacial score (nSPS) is 15.2. The number of allylic oxidation sites excluding steroid dienone is 4. The topological polar surface area (TPSA) is 78.8 Å². The molecule has 0 spiro atoms. The Morgan fingerprint density at radius 1 is 1.07 bits per heavy atom. The second-order valence-electron chi connectivity index (χ2n) is 8.78. The van der Waals surface area contributed by atoms with Crippen molar-refractivity contribution in [3.05, 3.63) is 136 Å². The molecule has 0 atom stereocenters. The van der Waals surface area contributed by atoms with Crippen LogP contribution in [0.15, 0.2) is 119 Å². The second-order valence-corrected chi connectivity index (χ2v) is 10.7. The average Bonchev–Trinajstić information content (AvgIpc) is 3.39. The number of nitrogens with one attached hydrogen (secondary N) is 1. The predicted molar refractivity (Wildman–Crippen MR) is 165 cm³/mol. The van der Waals surface area contributed by atoms with Crippen LogP contribution < -0.4 is 5.32 Å². The molecule has 8 heteroatoms. The largest absolute Gasteiger partial charge is 0.344 e. The van der Waals surface area contributed by atoms with Gasteiger partial charge in [-0.25, -0.2) is 0 Å². The lowest BCUT2D eigenvalue weighted by Crippen LogP contribution is -2.42. The number of amides is 3. The Hall–Kier alpha value is -4.27. The molecule has 40 heavy (non-hydrogen) atoms. The number of hydrogen-bond donors (Lipinski definition) is 1. The number of aliphatic imine (C=N–C) groups is 1.